The van der Waals surface area contributed by atoms with Crippen molar-refractivity contribution in [2.75, 3.05) is 20.2 Å². The zero-order chi connectivity index (χ0) is 21.0. The Balaban J connectivity index is 2.03. The van der Waals surface area contributed by atoms with Gasteiger partial charge in [-0.25, -0.2) is 13.8 Å². The quantitative estimate of drug-likeness (QED) is 0.666. The largest absolute Gasteiger partial charge is 0.496 e. The molecule has 2 N–H and O–H groups in total. The van der Waals surface area contributed by atoms with Crippen molar-refractivity contribution < 1.29 is 28.1 Å². The fourth-order valence-electron chi connectivity index (χ4n) is 3.25. The molecule has 6 nitrogen and oxygen atoms in total. The van der Waals surface area contributed by atoms with E-state index in [2.05, 4.69) is 10.3 Å². The summed E-state index contributed by atoms with van der Waals surface area (Å²) in [6.07, 6.45) is 6.33. The number of nitrogens with zero attached hydrogens (tertiary/aromatic N) is 1. The second kappa shape index (κ2) is 8.81. The Morgan fingerprint density at radius 2 is 2.21 bits per heavy atom. The lowest BCUT2D eigenvalue weighted by Crippen LogP contribution is -2.79. The highest BCUT2D eigenvalue weighted by atomic mass is 19.3. The number of halogens is 2. The van der Waals surface area contributed by atoms with E-state index in [9.17, 15) is 18.4 Å². The summed E-state index contributed by atoms with van der Waals surface area (Å²) in [4.78, 5) is 29.6. The monoisotopic (exact) mass is 402 g/mol. The fraction of sp³-hybridized carbons (Fsp3) is 0.286. The maximum atomic E-state index is 12.7. The molecule has 2 amide bonds. The van der Waals surface area contributed by atoms with Gasteiger partial charge in [-0.1, -0.05) is 12.2 Å². The lowest BCUT2D eigenvalue weighted by Gasteiger charge is -2.27. The molecule has 1 unspecified atom stereocenters. The van der Waals surface area contributed by atoms with Gasteiger partial charge in [-0.2, -0.15) is 0 Å². The van der Waals surface area contributed by atoms with Crippen LogP contribution in [0.5, 0.6) is 5.75 Å². The van der Waals surface area contributed by atoms with Crippen molar-refractivity contribution in [3.05, 3.63) is 59.3 Å². The molecule has 0 saturated carbocycles. The van der Waals surface area contributed by atoms with Crippen molar-refractivity contribution in [1.82, 2.24) is 10.2 Å². The molecule has 0 aliphatic carbocycles. The summed E-state index contributed by atoms with van der Waals surface area (Å²) in [6.45, 7) is 1.55. The van der Waals surface area contributed by atoms with Crippen molar-refractivity contribution in [2.45, 2.75) is 19.4 Å². The van der Waals surface area contributed by atoms with Gasteiger partial charge in [0.1, 0.15) is 5.75 Å². The Morgan fingerprint density at radius 3 is 2.90 bits per heavy atom. The summed E-state index contributed by atoms with van der Waals surface area (Å²) in [6, 6.07) is 4.19. The standard InChI is InChI=1S/C21H21F2N3O3/c1-3-4-9-26-12-16(14-7-8-24-19(14)21(26)28)15-10-13(5-6-17(15)29-2)20(27)25-11-18(22)23/h3-8,10,12,18-19H,9,11H2,1-2H3,(H,25,27)/p+1/b4-3+. The molecule has 0 bridgehead atoms. The van der Waals surface area contributed by atoms with Gasteiger partial charge in [0.25, 0.3) is 24.3 Å². The maximum Gasteiger partial charge on any atom is 0.300 e. The van der Waals surface area contributed by atoms with E-state index in [0.717, 1.165) is 11.1 Å². The molecule has 2 aliphatic heterocycles. The van der Waals surface area contributed by atoms with Crippen molar-refractivity contribution in [1.29, 1.82) is 0 Å². The minimum absolute atomic E-state index is 0.0864. The lowest BCUT2D eigenvalue weighted by molar-refractivity contribution is -0.467. The van der Waals surface area contributed by atoms with E-state index in [1.165, 1.54) is 13.2 Å². The van der Waals surface area contributed by atoms with Crippen molar-refractivity contribution in [3.63, 3.8) is 0 Å². The summed E-state index contributed by atoms with van der Waals surface area (Å²) in [5, 5.41) is 2.20. The van der Waals surface area contributed by atoms with Gasteiger partial charge in [0.15, 0.2) is 6.21 Å². The Morgan fingerprint density at radius 1 is 1.41 bits per heavy atom. The number of allylic oxidation sites excluding steroid dienone is 2. The molecule has 1 aromatic carbocycles. The molecular weight excluding hydrogens is 380 g/mol. The Hall–Kier alpha value is -3.29. The van der Waals surface area contributed by atoms with Crippen LogP contribution in [-0.2, 0) is 4.79 Å². The molecule has 0 saturated heterocycles. The molecule has 8 heteroatoms. The zero-order valence-corrected chi connectivity index (χ0v) is 16.1. The molecule has 152 valence electrons. The number of amides is 2. The molecule has 2 heterocycles. The summed E-state index contributed by atoms with van der Waals surface area (Å²) in [7, 11) is 1.51. The number of benzene rings is 1. The van der Waals surface area contributed by atoms with E-state index in [1.54, 1.807) is 29.4 Å². The third-order valence-electron chi connectivity index (χ3n) is 4.67. The predicted molar refractivity (Wildman–Crippen MR) is 105 cm³/mol. The molecule has 1 atom stereocenters. The Labute approximate surface area is 167 Å². The topological polar surface area (TPSA) is 72.6 Å². The van der Waals surface area contributed by atoms with Crippen LogP contribution in [0.4, 0.5) is 8.78 Å². The lowest BCUT2D eigenvalue weighted by atomic mass is 9.89. The van der Waals surface area contributed by atoms with E-state index in [4.69, 9.17) is 4.74 Å². The average Bonchev–Trinajstić information content (AvgIpc) is 3.21. The van der Waals surface area contributed by atoms with Crippen molar-refractivity contribution >= 4 is 23.6 Å². The van der Waals surface area contributed by atoms with Gasteiger partial charge >= 0.3 is 0 Å². The number of carbonyl (C=O) groups excluding carboxylic acids is 2. The Bertz CT molecular complexity index is 935. The van der Waals surface area contributed by atoms with Crippen molar-refractivity contribution in [2.24, 2.45) is 0 Å². The molecule has 1 aromatic rings. The number of rotatable bonds is 7. The van der Waals surface area contributed by atoms with Gasteiger partial charge in [0.2, 0.25) is 0 Å². The minimum atomic E-state index is -2.63. The van der Waals surface area contributed by atoms with Gasteiger partial charge in [-0.15, -0.1) is 0 Å². The van der Waals surface area contributed by atoms with Crippen LogP contribution in [0.2, 0.25) is 0 Å². The molecular formula is C21H22F2N3O3+. The highest BCUT2D eigenvalue weighted by Crippen LogP contribution is 2.36. The number of nitrogens with one attached hydrogen (secondary N) is 2. The second-order valence-corrected chi connectivity index (χ2v) is 6.51. The number of hydrogen-bond acceptors (Lipinski definition) is 3. The molecule has 0 spiro atoms. The minimum Gasteiger partial charge on any atom is -0.496 e. The number of fused-ring (bicyclic) bond motifs is 1. The number of alkyl halides is 2. The van der Waals surface area contributed by atoms with Crippen LogP contribution in [0.25, 0.3) is 5.57 Å². The van der Waals surface area contributed by atoms with Gasteiger partial charge in [-0.3, -0.25) is 9.59 Å². The van der Waals surface area contributed by atoms with E-state index in [0.29, 0.717) is 17.9 Å². The van der Waals surface area contributed by atoms with Gasteiger partial charge in [0.05, 0.1) is 13.7 Å². The molecule has 0 aromatic heterocycles. The first-order valence-corrected chi connectivity index (χ1v) is 9.14. The van der Waals surface area contributed by atoms with Crippen LogP contribution in [-0.4, -0.2) is 55.6 Å². The van der Waals surface area contributed by atoms with E-state index in [-0.39, 0.29) is 11.5 Å². The van der Waals surface area contributed by atoms with Gasteiger partial charge < -0.3 is 15.0 Å². The van der Waals surface area contributed by atoms with Crippen LogP contribution in [0.1, 0.15) is 22.8 Å². The third kappa shape index (κ3) is 4.26. The summed E-state index contributed by atoms with van der Waals surface area (Å²) in [5.41, 5.74) is 2.31. The Kier molecular flexibility index (Phi) is 6.21. The number of hydrogen-bond donors (Lipinski definition) is 2. The first-order chi connectivity index (χ1) is 14.0. The third-order valence-corrected chi connectivity index (χ3v) is 4.67. The van der Waals surface area contributed by atoms with Crippen LogP contribution in [0.3, 0.4) is 0 Å². The molecule has 0 fully saturated rings. The maximum absolute atomic E-state index is 12.7. The molecule has 29 heavy (non-hydrogen) atoms. The van der Waals surface area contributed by atoms with Crippen LogP contribution in [0, 0.1) is 0 Å². The first-order valence-electron chi connectivity index (χ1n) is 9.14. The van der Waals surface area contributed by atoms with E-state index in [1.807, 2.05) is 25.2 Å². The predicted octanol–water partition coefficient (Wildman–Crippen LogP) is 0.909. The first kappa shape index (κ1) is 20.4. The smallest absolute Gasteiger partial charge is 0.300 e. The number of carbonyl (C=O) groups is 2. The van der Waals surface area contributed by atoms with Crippen LogP contribution in [0.15, 0.2) is 48.2 Å². The molecule has 3 rings (SSSR count). The highest BCUT2D eigenvalue weighted by Gasteiger charge is 2.40. The average molecular weight is 402 g/mol. The normalized spacial score (nSPS) is 18.2. The van der Waals surface area contributed by atoms with Crippen LogP contribution >= 0.6 is 0 Å². The fourth-order valence-corrected chi connectivity index (χ4v) is 3.25. The van der Waals surface area contributed by atoms with Crippen molar-refractivity contribution in [3.8, 4) is 5.75 Å². The summed E-state index contributed by atoms with van der Waals surface area (Å²) < 4.78 is 30.3. The zero-order valence-electron chi connectivity index (χ0n) is 16.1. The molecule has 0 radical (unpaired) electrons. The summed E-state index contributed by atoms with van der Waals surface area (Å²) >= 11 is 0. The SMILES string of the molecule is C/C=C/CN1C=C(c2cc(C(=O)NCC(F)F)ccc2OC)C2=CC=[NH+]C2C1=O. The van der Waals surface area contributed by atoms with Gasteiger partial charge in [0, 0.05) is 41.1 Å². The van der Waals surface area contributed by atoms with Crippen LogP contribution < -0.4 is 15.0 Å². The van der Waals surface area contributed by atoms with E-state index >= 15 is 0 Å². The number of methoxy groups -OCH3 is 1. The number of ether oxygens (including phenoxy) is 1. The summed E-state index contributed by atoms with van der Waals surface area (Å²) in [5.74, 6) is -0.181. The molecule has 2 aliphatic rings. The highest BCUT2D eigenvalue weighted by molar-refractivity contribution is 6.03. The van der Waals surface area contributed by atoms with E-state index < -0.39 is 24.9 Å². The second-order valence-electron chi connectivity index (χ2n) is 6.51. The van der Waals surface area contributed by atoms with Gasteiger partial charge in [-0.05, 0) is 25.1 Å².